The van der Waals surface area contributed by atoms with Gasteiger partial charge in [-0.15, -0.1) is 0 Å². The normalized spacial score (nSPS) is 16.4. The van der Waals surface area contributed by atoms with Crippen molar-refractivity contribution in [2.45, 2.75) is 444 Å². The van der Waals surface area contributed by atoms with Crippen molar-refractivity contribution in [3.05, 3.63) is 0 Å². The van der Waals surface area contributed by atoms with Crippen molar-refractivity contribution >= 4 is 0 Å². The van der Waals surface area contributed by atoms with E-state index in [1.54, 1.807) is 55.4 Å². The molecule has 6 unspecified atom stereocenters. The fourth-order valence-electron chi connectivity index (χ4n) is 13.6. The highest BCUT2D eigenvalue weighted by molar-refractivity contribution is 4.93. The molecule has 0 heterocycles. The van der Waals surface area contributed by atoms with Crippen LogP contribution in [0.5, 0.6) is 0 Å². The highest BCUT2D eigenvalue weighted by Crippen LogP contribution is 2.45. The first-order chi connectivity index (χ1) is 39.6. The lowest BCUT2D eigenvalue weighted by atomic mass is 9.70. The zero-order valence-corrected chi connectivity index (χ0v) is 67.5. The lowest BCUT2D eigenvalue weighted by Gasteiger charge is -2.39. The quantitative estimate of drug-likeness (QED) is 0.0575. The molecule has 544 valence electrons. The predicted molar refractivity (Wildman–Crippen MR) is 388 cm³/mol. The Hall–Kier alpha value is -0.560. The summed E-state index contributed by atoms with van der Waals surface area (Å²) >= 11 is 0. The standard InChI is InChI=1S/C12H25F.2C11H23F.3C10H21F.2C8H17F/c1-7-8-12(6,13)11(9(2)3)10(4)5;1-7-11(6,12)10(8(2)3)9(4)5;1-6-9-11(5,12)10(4,7-2)8-3;1-6-9(4,7-2)10(5,11)8-3;1-6-9(7-2)10(5,11)8(3)4;1-5-8-10(4,11)9(6-2)7-3;1-6(2)8(5,9)7(3)4;1-4-6-8(3,9)7-5-2/h9-11H,7-8H2,1-6H3;8-10H,7H2,1-6H3;6-9H2,1-5H3;6-8H2,1-5H3;8-9H,6-7H2,1-5H3;9H,5-8H2,1-4H3;6-7H,1-5H3;4-7H2,1-3H3. The Morgan fingerprint density at radius 2 is 0.500 bits per heavy atom. The van der Waals surface area contributed by atoms with Gasteiger partial charge in [-0.05, 0) is 191 Å². The monoisotopic (exact) mass is 1280 g/mol. The van der Waals surface area contributed by atoms with Gasteiger partial charge in [0, 0.05) is 10.8 Å². The van der Waals surface area contributed by atoms with Crippen LogP contribution in [0.15, 0.2) is 0 Å². The van der Waals surface area contributed by atoms with Gasteiger partial charge in [0.15, 0.2) is 0 Å². The van der Waals surface area contributed by atoms with E-state index < -0.39 is 45.4 Å². The van der Waals surface area contributed by atoms with Crippen LogP contribution in [0, 0.1) is 75.9 Å². The maximum Gasteiger partial charge on any atom is 0.113 e. The van der Waals surface area contributed by atoms with Crippen molar-refractivity contribution in [3.8, 4) is 0 Å². The second kappa shape index (κ2) is 49.9. The van der Waals surface area contributed by atoms with E-state index in [2.05, 4.69) is 125 Å². The van der Waals surface area contributed by atoms with Crippen LogP contribution in [0.1, 0.15) is 398 Å². The fraction of sp³-hybridized carbons (Fsp3) is 1.00. The van der Waals surface area contributed by atoms with E-state index >= 15 is 0 Å². The summed E-state index contributed by atoms with van der Waals surface area (Å²) in [6.45, 7) is 77.0. The molecule has 0 aromatic heterocycles. The molecule has 88 heavy (non-hydrogen) atoms. The van der Waals surface area contributed by atoms with E-state index in [0.717, 1.165) is 83.5 Å². The van der Waals surface area contributed by atoms with Crippen LogP contribution in [0.2, 0.25) is 0 Å². The Kier molecular flexibility index (Phi) is 58.7. The van der Waals surface area contributed by atoms with Crippen LogP contribution in [0.3, 0.4) is 0 Å². The van der Waals surface area contributed by atoms with Crippen molar-refractivity contribution in [2.75, 3.05) is 0 Å². The van der Waals surface area contributed by atoms with Crippen LogP contribution in [0.25, 0.3) is 0 Å². The summed E-state index contributed by atoms with van der Waals surface area (Å²) in [5.74, 6) is 2.95. The molecule has 0 spiro atoms. The van der Waals surface area contributed by atoms with Gasteiger partial charge in [0.1, 0.15) is 45.4 Å². The predicted octanol–water partition coefficient (Wildman–Crippen LogP) is 30.9. The van der Waals surface area contributed by atoms with Gasteiger partial charge in [0.25, 0.3) is 0 Å². The lowest BCUT2D eigenvalue weighted by molar-refractivity contribution is 0.00460. The molecule has 0 aliphatic rings. The molecule has 6 atom stereocenters. The van der Waals surface area contributed by atoms with E-state index in [1.165, 1.54) is 0 Å². The van der Waals surface area contributed by atoms with E-state index in [4.69, 9.17) is 0 Å². The molecule has 0 N–H and O–H groups in total. The summed E-state index contributed by atoms with van der Waals surface area (Å²) < 4.78 is 110. The third-order valence-electron chi connectivity index (χ3n) is 22.0. The van der Waals surface area contributed by atoms with Crippen LogP contribution in [-0.4, -0.2) is 45.4 Å². The molecule has 0 saturated carbocycles. The molecule has 0 aromatic carbocycles. The average molecular weight is 1280 g/mol. The largest absolute Gasteiger partial charge is 0.244 e. The van der Waals surface area contributed by atoms with Gasteiger partial charge in [-0.3, -0.25) is 0 Å². The number of hydrogen-bond acceptors (Lipinski definition) is 0. The van der Waals surface area contributed by atoms with Crippen molar-refractivity contribution in [3.63, 3.8) is 0 Å². The van der Waals surface area contributed by atoms with Gasteiger partial charge in [-0.25, -0.2) is 35.1 Å². The highest BCUT2D eigenvalue weighted by atomic mass is 19.2. The number of rotatable bonds is 33. The number of alkyl halides is 8. The van der Waals surface area contributed by atoms with Gasteiger partial charge >= 0.3 is 0 Å². The third kappa shape index (κ3) is 41.3. The maximum atomic E-state index is 14.3. The van der Waals surface area contributed by atoms with Crippen LogP contribution in [0.4, 0.5) is 35.1 Å². The molecule has 0 bridgehead atoms. The van der Waals surface area contributed by atoms with E-state index in [-0.39, 0.29) is 52.3 Å². The summed E-state index contributed by atoms with van der Waals surface area (Å²) in [4.78, 5) is 0. The molecule has 0 aliphatic heterocycles. The molecule has 8 heteroatoms. The summed E-state index contributed by atoms with van der Waals surface area (Å²) in [5.41, 5.74) is -8.07. The zero-order valence-electron chi connectivity index (χ0n) is 67.5. The molecule has 0 rings (SSSR count). The molecule has 0 aliphatic carbocycles. The Labute approximate surface area is 552 Å². The first kappa shape index (κ1) is 104. The van der Waals surface area contributed by atoms with E-state index in [1.807, 2.05) is 90.0 Å². The van der Waals surface area contributed by atoms with Crippen LogP contribution >= 0.6 is 0 Å². The maximum absolute atomic E-state index is 14.3. The number of halogens is 8. The summed E-state index contributed by atoms with van der Waals surface area (Å²) in [6, 6.07) is 0. The summed E-state index contributed by atoms with van der Waals surface area (Å²) in [6.07, 6.45) is 17.0. The smallest absolute Gasteiger partial charge is 0.113 e. The van der Waals surface area contributed by atoms with Crippen molar-refractivity contribution < 1.29 is 35.1 Å². The average Bonchev–Trinajstić information content (AvgIpc) is 3.38. The first-order valence-corrected chi connectivity index (χ1v) is 37.1. The third-order valence-corrected chi connectivity index (χ3v) is 22.0. The molecule has 0 radical (unpaired) electrons. The minimum atomic E-state index is -1.00. The molecule has 0 aromatic rings. The zero-order chi connectivity index (χ0) is 72.5. The first-order valence-electron chi connectivity index (χ1n) is 37.1. The second-order valence-corrected chi connectivity index (χ2v) is 31.5. The van der Waals surface area contributed by atoms with Gasteiger partial charge in [0.05, 0.1) is 0 Å². The van der Waals surface area contributed by atoms with E-state index in [9.17, 15) is 35.1 Å². The van der Waals surface area contributed by atoms with Crippen molar-refractivity contribution in [1.82, 2.24) is 0 Å². The Balaban J connectivity index is -0.000000139. The minimum Gasteiger partial charge on any atom is -0.244 e. The molecule has 0 fully saturated rings. The highest BCUT2D eigenvalue weighted by Gasteiger charge is 2.43. The molecule has 0 amide bonds. The van der Waals surface area contributed by atoms with E-state index in [0.29, 0.717) is 68.6 Å². The van der Waals surface area contributed by atoms with Gasteiger partial charge in [-0.1, -0.05) is 272 Å². The van der Waals surface area contributed by atoms with Crippen molar-refractivity contribution in [2.24, 2.45) is 75.9 Å². The van der Waals surface area contributed by atoms with Crippen molar-refractivity contribution in [1.29, 1.82) is 0 Å². The second-order valence-electron chi connectivity index (χ2n) is 31.5. The van der Waals surface area contributed by atoms with Gasteiger partial charge in [0.2, 0.25) is 0 Å². The molecule has 0 nitrogen and oxygen atoms in total. The van der Waals surface area contributed by atoms with Crippen LogP contribution in [-0.2, 0) is 0 Å². The fourth-order valence-corrected chi connectivity index (χ4v) is 13.6. The minimum absolute atomic E-state index is 0.123. The Morgan fingerprint density at radius 1 is 0.250 bits per heavy atom. The lowest BCUT2D eigenvalue weighted by Crippen LogP contribution is -2.39. The number of hydrogen-bond donors (Lipinski definition) is 0. The molecule has 0 saturated heterocycles. The SMILES string of the molecule is CC(C)C(C)(F)C(C)C.CCC(C)(F)C(C(C)C)C(C)C.CCC(C)(F)C(C)(CC)CC.CCC(CC)C(C)(F)C(C)C.CCCC(C)(F)C(C(C)C)C(C)C.CCCC(C)(F)C(C)(CC)CC.CCCC(C)(F)C(CC)CC.CCCC(C)(F)CCC. The Bertz CT molecular complexity index is 1480. The topological polar surface area (TPSA) is 0 Å². The molecular weight excluding hydrogens is 1110 g/mol. The summed E-state index contributed by atoms with van der Waals surface area (Å²) in [5, 5.41) is 0. The Morgan fingerprint density at radius 3 is 0.659 bits per heavy atom. The molecular formula is C80H168F8. The van der Waals surface area contributed by atoms with Gasteiger partial charge in [-0.2, -0.15) is 0 Å². The summed E-state index contributed by atoms with van der Waals surface area (Å²) in [7, 11) is 0. The van der Waals surface area contributed by atoms with Gasteiger partial charge < -0.3 is 0 Å². The van der Waals surface area contributed by atoms with Crippen LogP contribution < -0.4 is 0 Å².